The zero-order valence-corrected chi connectivity index (χ0v) is 22.1. The minimum Gasteiger partial charge on any atom is -1.00 e. The highest BCUT2D eigenvalue weighted by molar-refractivity contribution is 5.90. The van der Waals surface area contributed by atoms with Gasteiger partial charge in [0.05, 0.1) is 24.7 Å². The number of carbonyl (C=O) groups excluding carboxylic acids is 2. The molecule has 2 bridgehead atoms. The molecule has 2 aromatic rings. The number of benzene rings is 1. The van der Waals surface area contributed by atoms with E-state index < -0.39 is 5.41 Å². The van der Waals surface area contributed by atoms with Crippen molar-refractivity contribution in [3.63, 3.8) is 0 Å². The number of hydrogen-bond acceptors (Lipinski definition) is 5. The van der Waals surface area contributed by atoms with Gasteiger partial charge in [0.2, 0.25) is 0 Å². The predicted octanol–water partition coefficient (Wildman–Crippen LogP) is 1.00. The first-order valence-electron chi connectivity index (χ1n) is 12.9. The summed E-state index contributed by atoms with van der Waals surface area (Å²) in [5.41, 5.74) is -0.0587. The van der Waals surface area contributed by atoms with Crippen molar-refractivity contribution >= 4 is 17.7 Å². The highest BCUT2D eigenvalue weighted by Crippen LogP contribution is 2.42. The summed E-state index contributed by atoms with van der Waals surface area (Å²) in [6.45, 7) is 2.78. The van der Waals surface area contributed by atoms with Gasteiger partial charge in [-0.25, -0.2) is 9.37 Å². The number of nitrogens with one attached hydrogen (secondary N) is 1. The number of hydrogen-bond donors (Lipinski definition) is 1. The second-order valence-corrected chi connectivity index (χ2v) is 10.6. The molecule has 36 heavy (non-hydrogen) atoms. The van der Waals surface area contributed by atoms with Crippen molar-refractivity contribution in [2.24, 2.45) is 5.92 Å². The number of ether oxygens (including phenoxy) is 1. The van der Waals surface area contributed by atoms with Crippen LogP contribution < -0.4 is 22.3 Å². The average molecular weight is 561 g/mol. The molecule has 1 aromatic heterocycles. The SMILES string of the molecule is O=C(C[N+]12CCC(CC1)C(OC(=O)C1(c3cccc(F)c3)CCCCCC1)C2)Nc1cnccn1.[Br-]. The number of anilines is 1. The first-order valence-corrected chi connectivity index (χ1v) is 12.9. The molecule has 7 nitrogen and oxygen atoms in total. The van der Waals surface area contributed by atoms with Crippen LogP contribution in [-0.2, 0) is 19.7 Å². The molecule has 1 saturated carbocycles. The van der Waals surface area contributed by atoms with Crippen molar-refractivity contribution in [3.8, 4) is 0 Å². The number of rotatable bonds is 6. The number of quaternary nitrogens is 1. The Balaban J connectivity index is 0.00000304. The standard InChI is InChI=1S/C27H33FN4O3.BrH/c28-22-7-5-6-21(16-22)27(10-3-1-2-4-11-27)26(34)35-23-18-32(14-8-20(23)9-15-32)19-25(33)31-24-17-29-12-13-30-24;/h5-7,12-13,16-17,20,23H,1-4,8-11,14-15,18-19H2;1H. The van der Waals surface area contributed by atoms with E-state index in [1.165, 1.54) is 18.3 Å². The largest absolute Gasteiger partial charge is 1.00 e. The fraction of sp³-hybridized carbons (Fsp3) is 0.556. The summed E-state index contributed by atoms with van der Waals surface area (Å²) in [6, 6.07) is 6.49. The van der Waals surface area contributed by atoms with Gasteiger partial charge in [-0.2, -0.15) is 0 Å². The molecule has 1 aliphatic carbocycles. The lowest BCUT2D eigenvalue weighted by atomic mass is 9.74. The van der Waals surface area contributed by atoms with Gasteiger partial charge < -0.3 is 31.5 Å². The maximum atomic E-state index is 14.2. The highest BCUT2D eigenvalue weighted by atomic mass is 79.9. The van der Waals surface area contributed by atoms with E-state index in [0.29, 0.717) is 42.1 Å². The quantitative estimate of drug-likeness (QED) is 0.324. The van der Waals surface area contributed by atoms with Gasteiger partial charge in [0, 0.05) is 31.2 Å². The minimum absolute atomic E-state index is 0. The third kappa shape index (κ3) is 5.62. The summed E-state index contributed by atoms with van der Waals surface area (Å²) in [5.74, 6) is 0.121. The highest BCUT2D eigenvalue weighted by Gasteiger charge is 2.51. The molecule has 0 spiro atoms. The van der Waals surface area contributed by atoms with E-state index in [4.69, 9.17) is 4.74 Å². The second kappa shape index (κ2) is 11.3. The van der Waals surface area contributed by atoms with E-state index in [-0.39, 0.29) is 40.8 Å². The van der Waals surface area contributed by atoms with Crippen LogP contribution in [0.2, 0.25) is 0 Å². The molecule has 1 aromatic carbocycles. The summed E-state index contributed by atoms with van der Waals surface area (Å²) in [6.07, 6.45) is 11.7. The molecule has 1 amide bonds. The summed E-state index contributed by atoms with van der Waals surface area (Å²) < 4.78 is 21.1. The number of nitrogens with zero attached hydrogens (tertiary/aromatic N) is 3. The van der Waals surface area contributed by atoms with Crippen LogP contribution in [0.5, 0.6) is 0 Å². The molecule has 4 aliphatic rings. The van der Waals surface area contributed by atoms with Crippen LogP contribution in [0.3, 0.4) is 0 Å². The Morgan fingerprint density at radius 1 is 1.11 bits per heavy atom. The number of amides is 1. The number of halogens is 2. The molecule has 1 N–H and O–H groups in total. The van der Waals surface area contributed by atoms with Crippen molar-refractivity contribution in [1.29, 1.82) is 0 Å². The maximum Gasteiger partial charge on any atom is 0.317 e. The Hall–Kier alpha value is -2.39. The van der Waals surface area contributed by atoms with Gasteiger partial charge in [0.15, 0.2) is 18.5 Å². The Kier molecular flexibility index (Phi) is 8.40. The Morgan fingerprint density at radius 3 is 2.53 bits per heavy atom. The maximum absolute atomic E-state index is 14.2. The van der Waals surface area contributed by atoms with Crippen molar-refractivity contribution < 1.29 is 40.2 Å². The fourth-order valence-corrected chi connectivity index (χ4v) is 6.41. The molecule has 0 radical (unpaired) electrons. The Labute approximate surface area is 222 Å². The molecule has 3 aliphatic heterocycles. The number of piperidine rings is 3. The molecule has 6 rings (SSSR count). The molecule has 1 unspecified atom stereocenters. The first kappa shape index (κ1) is 26.7. The molecular formula is C27H34BrFN4O3. The van der Waals surface area contributed by atoms with Gasteiger partial charge in [-0.05, 0) is 30.5 Å². The van der Waals surface area contributed by atoms with E-state index in [1.807, 2.05) is 6.07 Å². The van der Waals surface area contributed by atoms with E-state index in [0.717, 1.165) is 57.2 Å². The van der Waals surface area contributed by atoms with Gasteiger partial charge in [-0.1, -0.05) is 37.8 Å². The molecule has 3 saturated heterocycles. The first-order chi connectivity index (χ1) is 17.0. The minimum atomic E-state index is -0.793. The van der Waals surface area contributed by atoms with Crippen LogP contribution in [-0.4, -0.2) is 58.6 Å². The van der Waals surface area contributed by atoms with Gasteiger partial charge in [-0.3, -0.25) is 14.6 Å². The van der Waals surface area contributed by atoms with E-state index in [9.17, 15) is 14.0 Å². The lowest BCUT2D eigenvalue weighted by Gasteiger charge is -2.52. The van der Waals surface area contributed by atoms with Crippen LogP contribution in [0.4, 0.5) is 10.2 Å². The van der Waals surface area contributed by atoms with E-state index in [1.54, 1.807) is 18.5 Å². The molecular weight excluding hydrogens is 527 g/mol. The summed E-state index contributed by atoms with van der Waals surface area (Å²) in [5, 5.41) is 2.84. The van der Waals surface area contributed by atoms with E-state index in [2.05, 4.69) is 15.3 Å². The molecule has 194 valence electrons. The van der Waals surface area contributed by atoms with Gasteiger partial charge >= 0.3 is 5.97 Å². The van der Waals surface area contributed by atoms with Crippen molar-refractivity contribution in [2.45, 2.75) is 62.9 Å². The fourth-order valence-electron chi connectivity index (χ4n) is 6.41. The number of esters is 1. The third-order valence-electron chi connectivity index (χ3n) is 8.33. The monoisotopic (exact) mass is 560 g/mol. The molecule has 4 heterocycles. The van der Waals surface area contributed by atoms with Gasteiger partial charge in [0.25, 0.3) is 5.91 Å². The lowest BCUT2D eigenvalue weighted by Crippen LogP contribution is -3.00. The molecule has 4 fully saturated rings. The van der Waals surface area contributed by atoms with Crippen molar-refractivity contribution in [2.75, 3.05) is 31.5 Å². The zero-order valence-electron chi connectivity index (χ0n) is 20.5. The van der Waals surface area contributed by atoms with E-state index >= 15 is 0 Å². The van der Waals surface area contributed by atoms with Crippen LogP contribution in [0, 0.1) is 11.7 Å². The smallest absolute Gasteiger partial charge is 0.317 e. The lowest BCUT2D eigenvalue weighted by molar-refractivity contribution is -0.939. The molecule has 1 atom stereocenters. The molecule has 9 heteroatoms. The summed E-state index contributed by atoms with van der Waals surface area (Å²) in [4.78, 5) is 34.8. The number of fused-ring (bicyclic) bond motifs is 3. The average Bonchev–Trinajstić information content (AvgIpc) is 3.12. The van der Waals surface area contributed by atoms with Crippen LogP contribution in [0.15, 0.2) is 42.9 Å². The van der Waals surface area contributed by atoms with Crippen molar-refractivity contribution in [1.82, 2.24) is 9.97 Å². The summed E-state index contributed by atoms with van der Waals surface area (Å²) >= 11 is 0. The zero-order chi connectivity index (χ0) is 24.3. The Morgan fingerprint density at radius 2 is 1.86 bits per heavy atom. The Bertz CT molecular complexity index is 1050. The summed E-state index contributed by atoms with van der Waals surface area (Å²) in [7, 11) is 0. The van der Waals surface area contributed by atoms with Gasteiger partial charge in [-0.15, -0.1) is 0 Å². The predicted molar refractivity (Wildman–Crippen MR) is 129 cm³/mol. The van der Waals surface area contributed by atoms with Crippen molar-refractivity contribution in [3.05, 3.63) is 54.2 Å². The number of aromatic nitrogens is 2. The van der Waals surface area contributed by atoms with Crippen LogP contribution in [0.25, 0.3) is 0 Å². The normalized spacial score (nSPS) is 26.8. The number of carbonyl (C=O) groups is 2. The van der Waals surface area contributed by atoms with Crippen LogP contribution in [0.1, 0.15) is 56.9 Å². The van der Waals surface area contributed by atoms with Gasteiger partial charge in [0.1, 0.15) is 12.4 Å². The third-order valence-corrected chi connectivity index (χ3v) is 8.33. The van der Waals surface area contributed by atoms with Crippen LogP contribution >= 0.6 is 0 Å². The second-order valence-electron chi connectivity index (χ2n) is 10.6. The topological polar surface area (TPSA) is 81.2 Å².